The molecule has 222 valence electrons. The number of halogens is 2. The van der Waals surface area contributed by atoms with Crippen molar-refractivity contribution in [3.8, 4) is 23.3 Å². The minimum Gasteiger partial charge on any atom is -0.494 e. The number of aromatic hydroxyl groups is 2. The molecule has 0 aliphatic carbocycles. The van der Waals surface area contributed by atoms with Crippen LogP contribution in [0, 0.1) is 9.54 Å². The quantitative estimate of drug-likeness (QED) is 0.242. The average molecular weight is 696 g/mol. The number of hydrogen-bond donors (Lipinski definition) is 2. The van der Waals surface area contributed by atoms with Gasteiger partial charge in [-0.3, -0.25) is 27.9 Å². The van der Waals surface area contributed by atoms with Crippen LogP contribution in [0.2, 0.25) is 5.02 Å². The van der Waals surface area contributed by atoms with Gasteiger partial charge in [-0.1, -0.05) is 39.7 Å². The molecular formula is C28H28BrClN4O6S2. The number of ether oxygens (including phenoxy) is 2. The van der Waals surface area contributed by atoms with Gasteiger partial charge in [0.1, 0.15) is 6.61 Å². The van der Waals surface area contributed by atoms with E-state index >= 15 is 0 Å². The summed E-state index contributed by atoms with van der Waals surface area (Å²) in [5.41, 5.74) is -0.601. The number of hydrogen-bond acceptors (Lipinski definition) is 8. The summed E-state index contributed by atoms with van der Waals surface area (Å²) >= 11 is 20.8. The normalized spacial score (nSPS) is 11.2. The first kappa shape index (κ1) is 31.5. The Morgan fingerprint density at radius 1 is 0.857 bits per heavy atom. The molecule has 10 nitrogen and oxygen atoms in total. The van der Waals surface area contributed by atoms with Crippen LogP contribution < -0.4 is 20.6 Å². The van der Waals surface area contributed by atoms with Crippen LogP contribution in [0.1, 0.15) is 35.1 Å². The van der Waals surface area contributed by atoms with Gasteiger partial charge in [-0.05, 0) is 66.8 Å². The number of nitrogens with zero attached hydrogens (tertiary/aromatic N) is 4. The molecule has 0 amide bonds. The first-order chi connectivity index (χ1) is 19.8. The summed E-state index contributed by atoms with van der Waals surface area (Å²) < 4.78 is 17.8. The fourth-order valence-corrected chi connectivity index (χ4v) is 5.47. The number of aromatic nitrogens is 4. The van der Waals surface area contributed by atoms with Gasteiger partial charge in [0, 0.05) is 32.7 Å². The van der Waals surface area contributed by atoms with E-state index in [1.165, 1.54) is 52.5 Å². The molecule has 4 rings (SSSR count). The minimum absolute atomic E-state index is 0.0494. The summed E-state index contributed by atoms with van der Waals surface area (Å²) in [7, 11) is 5.87. The van der Waals surface area contributed by atoms with Gasteiger partial charge in [-0.25, -0.2) is 0 Å². The highest BCUT2D eigenvalue weighted by atomic mass is 79.9. The molecule has 0 atom stereocenters. The second-order valence-electron chi connectivity index (χ2n) is 9.50. The lowest BCUT2D eigenvalue weighted by atomic mass is 9.86. The van der Waals surface area contributed by atoms with Gasteiger partial charge in [0.05, 0.1) is 28.7 Å². The predicted molar refractivity (Wildman–Crippen MR) is 168 cm³/mol. The van der Waals surface area contributed by atoms with Crippen LogP contribution in [-0.4, -0.2) is 35.1 Å². The van der Waals surface area contributed by atoms with E-state index in [2.05, 4.69) is 15.9 Å². The summed E-state index contributed by atoms with van der Waals surface area (Å²) in [6.07, 6.45) is 0. The fraction of sp³-hybridized carbons (Fsp3) is 0.286. The van der Waals surface area contributed by atoms with Gasteiger partial charge < -0.3 is 19.7 Å². The van der Waals surface area contributed by atoms with Gasteiger partial charge in [0.25, 0.3) is 11.1 Å². The zero-order valence-electron chi connectivity index (χ0n) is 23.3. The van der Waals surface area contributed by atoms with Crippen molar-refractivity contribution < 1.29 is 19.7 Å². The third kappa shape index (κ3) is 5.65. The maximum atomic E-state index is 13.7. The Bertz CT molecular complexity index is 1850. The van der Waals surface area contributed by atoms with E-state index in [1.807, 2.05) is 24.3 Å². The fourth-order valence-electron chi connectivity index (χ4n) is 4.60. The van der Waals surface area contributed by atoms with Crippen molar-refractivity contribution in [2.45, 2.75) is 19.4 Å². The zero-order valence-corrected chi connectivity index (χ0v) is 27.3. The lowest BCUT2D eigenvalue weighted by Gasteiger charge is -2.24. The maximum Gasteiger partial charge on any atom is 0.262 e. The Morgan fingerprint density at radius 2 is 1.36 bits per heavy atom. The van der Waals surface area contributed by atoms with Crippen LogP contribution in [0.5, 0.6) is 23.3 Å². The van der Waals surface area contributed by atoms with Gasteiger partial charge in [-0.2, -0.15) is 0 Å². The van der Waals surface area contributed by atoms with Crippen LogP contribution in [0.15, 0.2) is 50.5 Å². The molecule has 0 saturated carbocycles. The van der Waals surface area contributed by atoms with Crippen molar-refractivity contribution in [3.05, 3.63) is 98.4 Å². The van der Waals surface area contributed by atoms with E-state index in [0.717, 1.165) is 10.0 Å². The molecule has 0 spiro atoms. The van der Waals surface area contributed by atoms with Gasteiger partial charge in [0.2, 0.25) is 11.8 Å². The van der Waals surface area contributed by atoms with Crippen molar-refractivity contribution in [1.29, 1.82) is 0 Å². The highest BCUT2D eigenvalue weighted by molar-refractivity contribution is 9.10. The van der Waals surface area contributed by atoms with Crippen LogP contribution in [0.25, 0.3) is 0 Å². The predicted octanol–water partition coefficient (Wildman–Crippen LogP) is 5.20. The summed E-state index contributed by atoms with van der Waals surface area (Å²) in [4.78, 5) is 27.3. The second-order valence-corrected chi connectivity index (χ2v) is 11.6. The van der Waals surface area contributed by atoms with E-state index in [-0.39, 0.29) is 56.0 Å². The van der Waals surface area contributed by atoms with Crippen molar-refractivity contribution in [1.82, 2.24) is 18.3 Å². The molecule has 0 bridgehead atoms. The van der Waals surface area contributed by atoms with Crippen molar-refractivity contribution in [2.75, 3.05) is 6.61 Å². The summed E-state index contributed by atoms with van der Waals surface area (Å²) in [6.45, 7) is 2.22. The van der Waals surface area contributed by atoms with E-state index in [4.69, 9.17) is 45.5 Å². The molecule has 0 aliphatic rings. The Morgan fingerprint density at radius 3 is 1.83 bits per heavy atom. The highest BCUT2D eigenvalue weighted by Crippen LogP contribution is 2.44. The monoisotopic (exact) mass is 694 g/mol. The lowest BCUT2D eigenvalue weighted by molar-refractivity contribution is 0.269. The maximum absolute atomic E-state index is 13.7. The number of benzene rings is 2. The van der Waals surface area contributed by atoms with Crippen LogP contribution >= 0.6 is 52.0 Å². The van der Waals surface area contributed by atoms with Crippen molar-refractivity contribution in [2.24, 2.45) is 28.2 Å². The smallest absolute Gasteiger partial charge is 0.262 e. The summed E-state index contributed by atoms with van der Waals surface area (Å²) in [5.74, 6) is -1.80. The Labute approximate surface area is 264 Å². The Hall–Kier alpha value is -3.39. The van der Waals surface area contributed by atoms with Crippen LogP contribution in [-0.2, 0) is 34.8 Å². The lowest BCUT2D eigenvalue weighted by Crippen LogP contribution is -2.33. The number of rotatable bonds is 8. The highest BCUT2D eigenvalue weighted by Gasteiger charge is 2.33. The first-order valence-corrected chi connectivity index (χ1v) is 14.6. The molecule has 2 aromatic carbocycles. The topological polar surface area (TPSA) is 113 Å². The summed E-state index contributed by atoms with van der Waals surface area (Å²) in [5, 5.41) is 22.6. The molecule has 0 aliphatic heterocycles. The molecule has 0 fully saturated rings. The van der Waals surface area contributed by atoms with E-state index < -0.39 is 28.8 Å². The third-order valence-electron chi connectivity index (χ3n) is 6.87. The molecule has 0 radical (unpaired) electrons. The SMILES string of the molecule is CCOc1cc(C(c2c(O)n(C)c(=S)n(C)c2=O)c2c(O)n(C)c(=S)n(C)c2=O)cc(Cl)c1OCc1ccc(Br)cc1. The Balaban J connectivity index is 2.04. The van der Waals surface area contributed by atoms with Crippen LogP contribution in [0.3, 0.4) is 0 Å². The van der Waals surface area contributed by atoms with Crippen molar-refractivity contribution >= 4 is 52.0 Å². The summed E-state index contributed by atoms with van der Waals surface area (Å²) in [6, 6.07) is 10.6. The molecule has 4 aromatic rings. The van der Waals surface area contributed by atoms with Gasteiger partial charge in [0.15, 0.2) is 21.0 Å². The molecule has 14 heteroatoms. The molecule has 0 saturated heterocycles. The zero-order chi connectivity index (χ0) is 31.0. The first-order valence-electron chi connectivity index (χ1n) is 12.6. The van der Waals surface area contributed by atoms with E-state index in [0.29, 0.717) is 0 Å². The minimum atomic E-state index is -1.32. The average Bonchev–Trinajstić information content (AvgIpc) is 2.96. The van der Waals surface area contributed by atoms with Crippen LogP contribution in [0.4, 0.5) is 0 Å². The van der Waals surface area contributed by atoms with Crippen molar-refractivity contribution in [3.63, 3.8) is 0 Å². The molecular weight excluding hydrogens is 668 g/mol. The van der Waals surface area contributed by atoms with Gasteiger partial charge in [-0.15, -0.1) is 0 Å². The third-order valence-corrected chi connectivity index (χ3v) is 8.78. The van der Waals surface area contributed by atoms with E-state index in [1.54, 1.807) is 13.0 Å². The standard InChI is InChI=1S/C28H28BrClN4O6S2/c1-6-39-18-12-15(11-17(30)22(18)40-13-14-7-9-16(29)10-8-14)19(20-23(35)31(2)27(41)32(3)24(20)36)21-25(37)33(4)28(42)34(5)26(21)38/h7-12,19,35,37H,6,13H2,1-5H3. The largest absolute Gasteiger partial charge is 0.494 e. The van der Waals surface area contributed by atoms with Gasteiger partial charge >= 0.3 is 0 Å². The second kappa shape index (κ2) is 12.5. The Kier molecular flexibility index (Phi) is 9.36. The molecule has 2 aromatic heterocycles. The molecule has 2 heterocycles. The molecule has 2 N–H and O–H groups in total. The molecule has 42 heavy (non-hydrogen) atoms. The van der Waals surface area contributed by atoms with E-state index in [9.17, 15) is 19.8 Å². The molecule has 0 unspecified atom stereocenters.